The second-order valence-corrected chi connectivity index (χ2v) is 5.76. The van der Waals surface area contributed by atoms with Gasteiger partial charge >= 0.3 is 0 Å². The highest BCUT2D eigenvalue weighted by molar-refractivity contribution is 9.10. The van der Waals surface area contributed by atoms with Crippen molar-refractivity contribution >= 4 is 39.2 Å². The Bertz CT molecular complexity index is 519. The first-order valence-electron chi connectivity index (χ1n) is 4.80. The van der Waals surface area contributed by atoms with E-state index in [-0.39, 0.29) is 0 Å². The van der Waals surface area contributed by atoms with E-state index >= 15 is 0 Å². The summed E-state index contributed by atoms with van der Waals surface area (Å²) in [6.45, 7) is 2.02. The largest absolute Gasteiger partial charge is 0.480 e. The van der Waals surface area contributed by atoms with Crippen LogP contribution in [0.4, 0.5) is 0 Å². The molecule has 0 saturated heterocycles. The van der Waals surface area contributed by atoms with Crippen molar-refractivity contribution in [3.8, 4) is 5.88 Å². The van der Waals surface area contributed by atoms with Gasteiger partial charge in [-0.3, -0.25) is 0 Å². The van der Waals surface area contributed by atoms with Crippen LogP contribution in [0.15, 0.2) is 20.2 Å². The van der Waals surface area contributed by atoms with Gasteiger partial charge in [-0.25, -0.2) is 9.97 Å². The average molecular weight is 333 g/mol. The van der Waals surface area contributed by atoms with Crippen molar-refractivity contribution in [1.29, 1.82) is 0 Å². The lowest BCUT2D eigenvalue weighted by molar-refractivity contribution is 0.389. The lowest BCUT2D eigenvalue weighted by atomic mass is 10.5. The van der Waals surface area contributed by atoms with E-state index in [0.29, 0.717) is 11.0 Å². The van der Waals surface area contributed by atoms with Crippen molar-refractivity contribution in [2.45, 2.75) is 22.8 Å². The number of ether oxygens (including phenoxy) is 1. The van der Waals surface area contributed by atoms with Gasteiger partial charge in [0.05, 0.1) is 11.6 Å². The Hall–Kier alpha value is -0.730. The highest BCUT2D eigenvalue weighted by atomic mass is 79.9. The van der Waals surface area contributed by atoms with Crippen LogP contribution in [-0.4, -0.2) is 26.4 Å². The molecular formula is C9H9BrN4OS2. The highest BCUT2D eigenvalue weighted by Gasteiger charge is 2.09. The Morgan fingerprint density at radius 3 is 2.94 bits per heavy atom. The first kappa shape index (κ1) is 12.7. The molecule has 90 valence electrons. The van der Waals surface area contributed by atoms with Crippen LogP contribution in [0.25, 0.3) is 0 Å². The molecule has 0 N–H and O–H groups in total. The summed E-state index contributed by atoms with van der Waals surface area (Å²) >= 11 is 6.05. The van der Waals surface area contributed by atoms with Crippen LogP contribution in [0, 0.1) is 0 Å². The maximum atomic E-state index is 5.11. The smallest absolute Gasteiger partial charge is 0.231 e. The van der Waals surface area contributed by atoms with Gasteiger partial charge in [0.25, 0.3) is 0 Å². The summed E-state index contributed by atoms with van der Waals surface area (Å²) in [5.41, 5.74) is 0. The zero-order valence-electron chi connectivity index (χ0n) is 9.18. The molecule has 2 aromatic heterocycles. The molecule has 0 saturated carbocycles. The molecule has 0 unspecified atom stereocenters. The molecule has 8 heteroatoms. The third-order valence-electron chi connectivity index (χ3n) is 1.83. The molecule has 2 aromatic rings. The molecule has 0 fully saturated rings. The quantitative estimate of drug-likeness (QED) is 0.802. The third kappa shape index (κ3) is 3.14. The lowest BCUT2D eigenvalue weighted by Crippen LogP contribution is -1.93. The van der Waals surface area contributed by atoms with Crippen LogP contribution in [0.5, 0.6) is 5.88 Å². The number of rotatable bonds is 4. The van der Waals surface area contributed by atoms with Gasteiger partial charge < -0.3 is 4.74 Å². The molecule has 0 bridgehead atoms. The fourth-order valence-corrected chi connectivity index (χ4v) is 2.91. The van der Waals surface area contributed by atoms with Crippen LogP contribution < -0.4 is 4.74 Å². The van der Waals surface area contributed by atoms with Crippen LogP contribution in [-0.2, 0) is 6.42 Å². The SMILES string of the molecule is CCc1nsc(Sc2ncc(Br)c(OC)n2)n1. The highest BCUT2D eigenvalue weighted by Crippen LogP contribution is 2.29. The predicted octanol–water partition coefficient (Wildman–Crippen LogP) is 2.81. The maximum absolute atomic E-state index is 5.11. The fourth-order valence-electron chi connectivity index (χ4n) is 1.03. The Labute approximate surface area is 115 Å². The van der Waals surface area contributed by atoms with E-state index in [9.17, 15) is 0 Å². The first-order chi connectivity index (χ1) is 8.22. The second kappa shape index (κ2) is 5.74. The van der Waals surface area contributed by atoms with Crippen LogP contribution in [0.2, 0.25) is 0 Å². The Kier molecular flexibility index (Phi) is 4.30. The van der Waals surface area contributed by atoms with Gasteiger partial charge in [0.2, 0.25) is 5.88 Å². The second-order valence-electron chi connectivity index (χ2n) is 2.94. The minimum absolute atomic E-state index is 0.516. The molecule has 2 rings (SSSR count). The molecule has 2 heterocycles. The van der Waals surface area contributed by atoms with E-state index in [0.717, 1.165) is 21.1 Å². The summed E-state index contributed by atoms with van der Waals surface area (Å²) in [4.78, 5) is 12.8. The van der Waals surface area contributed by atoms with E-state index in [2.05, 4.69) is 35.3 Å². The van der Waals surface area contributed by atoms with Gasteiger partial charge in [-0.2, -0.15) is 9.36 Å². The van der Waals surface area contributed by atoms with E-state index < -0.39 is 0 Å². The molecule has 0 aromatic carbocycles. The molecule has 0 amide bonds. The minimum Gasteiger partial charge on any atom is -0.480 e. The van der Waals surface area contributed by atoms with E-state index in [1.807, 2.05) is 6.92 Å². The zero-order valence-corrected chi connectivity index (χ0v) is 12.4. The third-order valence-corrected chi connectivity index (χ3v) is 4.04. The van der Waals surface area contributed by atoms with Crippen molar-refractivity contribution in [2.24, 2.45) is 0 Å². The molecule has 0 aliphatic rings. The first-order valence-corrected chi connectivity index (χ1v) is 7.18. The van der Waals surface area contributed by atoms with Gasteiger partial charge in [0.15, 0.2) is 9.50 Å². The standard InChI is InChI=1S/C9H9BrN4OS2/c1-3-6-12-9(17-14-6)16-8-11-4-5(10)7(13-8)15-2/h4H,3H2,1-2H3. The summed E-state index contributed by atoms with van der Waals surface area (Å²) in [7, 11) is 1.57. The Morgan fingerprint density at radius 1 is 1.47 bits per heavy atom. The molecule has 0 aliphatic heterocycles. The van der Waals surface area contributed by atoms with Crippen LogP contribution >= 0.6 is 39.2 Å². The number of nitrogens with zero attached hydrogens (tertiary/aromatic N) is 4. The number of aryl methyl sites for hydroxylation is 1. The van der Waals surface area contributed by atoms with Crippen LogP contribution in [0.3, 0.4) is 0 Å². The summed E-state index contributed by atoms with van der Waals surface area (Å²) in [6, 6.07) is 0. The molecule has 0 radical (unpaired) electrons. The number of hydrogen-bond acceptors (Lipinski definition) is 7. The Balaban J connectivity index is 2.18. The van der Waals surface area contributed by atoms with Gasteiger partial charge in [0.1, 0.15) is 5.82 Å². The Morgan fingerprint density at radius 2 is 2.29 bits per heavy atom. The van der Waals surface area contributed by atoms with Gasteiger partial charge in [0, 0.05) is 12.6 Å². The van der Waals surface area contributed by atoms with Gasteiger partial charge in [-0.05, 0) is 39.2 Å². The van der Waals surface area contributed by atoms with E-state index in [1.165, 1.54) is 23.3 Å². The molecule has 0 spiro atoms. The van der Waals surface area contributed by atoms with Crippen molar-refractivity contribution in [1.82, 2.24) is 19.3 Å². The average Bonchev–Trinajstić information content (AvgIpc) is 2.79. The number of aromatic nitrogens is 4. The summed E-state index contributed by atoms with van der Waals surface area (Å²) in [5.74, 6) is 1.37. The topological polar surface area (TPSA) is 60.8 Å². The minimum atomic E-state index is 0.516. The monoisotopic (exact) mass is 332 g/mol. The maximum Gasteiger partial charge on any atom is 0.231 e. The van der Waals surface area contributed by atoms with Crippen LogP contribution in [0.1, 0.15) is 12.7 Å². The van der Waals surface area contributed by atoms with Crippen molar-refractivity contribution in [3.63, 3.8) is 0 Å². The molecule has 0 aliphatic carbocycles. The summed E-state index contributed by atoms with van der Waals surface area (Å²) in [6.07, 6.45) is 2.50. The number of halogens is 1. The molecular weight excluding hydrogens is 324 g/mol. The lowest BCUT2D eigenvalue weighted by Gasteiger charge is -2.02. The molecule has 0 atom stereocenters. The van der Waals surface area contributed by atoms with E-state index in [4.69, 9.17) is 4.74 Å². The zero-order chi connectivity index (χ0) is 12.3. The van der Waals surface area contributed by atoms with Crippen molar-refractivity contribution in [3.05, 3.63) is 16.5 Å². The number of methoxy groups -OCH3 is 1. The van der Waals surface area contributed by atoms with Crippen molar-refractivity contribution < 1.29 is 4.74 Å². The summed E-state index contributed by atoms with van der Waals surface area (Å²) in [5, 5.41) is 0.601. The van der Waals surface area contributed by atoms with Gasteiger partial charge in [-0.1, -0.05) is 6.92 Å². The predicted molar refractivity (Wildman–Crippen MR) is 69.7 cm³/mol. The normalized spacial score (nSPS) is 10.5. The molecule has 17 heavy (non-hydrogen) atoms. The fraction of sp³-hybridized carbons (Fsp3) is 0.333. The van der Waals surface area contributed by atoms with Crippen molar-refractivity contribution in [2.75, 3.05) is 7.11 Å². The summed E-state index contributed by atoms with van der Waals surface area (Å²) < 4.78 is 10.9. The molecule has 5 nitrogen and oxygen atoms in total. The number of hydrogen-bond donors (Lipinski definition) is 0. The van der Waals surface area contributed by atoms with Gasteiger partial charge in [-0.15, -0.1) is 0 Å². The van der Waals surface area contributed by atoms with E-state index in [1.54, 1.807) is 13.3 Å².